The molecule has 0 bridgehead atoms. The minimum atomic E-state index is -1.75. The number of carbonyl (C=O) groups excluding carboxylic acids is 12. The molecule has 0 unspecified atom stereocenters. The number of benzene rings is 4. The fraction of sp³-hybridized carbons (Fsp3) is 0.328. The van der Waals surface area contributed by atoms with Crippen molar-refractivity contribution in [3.8, 4) is 0 Å². The van der Waals surface area contributed by atoms with E-state index in [0.717, 1.165) is 21.5 Å². The third-order valence-corrected chi connectivity index (χ3v) is 15.3. The highest BCUT2D eigenvalue weighted by Crippen LogP contribution is 2.20. The lowest BCUT2D eigenvalue weighted by Crippen LogP contribution is -2.55. The molecule has 540 valence electrons. The number of guanidine groups is 2. The van der Waals surface area contributed by atoms with Crippen LogP contribution in [-0.2, 0) is 73.5 Å². The van der Waals surface area contributed by atoms with Gasteiger partial charge < -0.3 is 96.1 Å². The first-order valence-corrected chi connectivity index (χ1v) is 32.2. The van der Waals surface area contributed by atoms with Crippen LogP contribution >= 0.6 is 0 Å². The summed E-state index contributed by atoms with van der Waals surface area (Å²) in [5.74, 6) is -15.5. The maximum Gasteiger partial charge on any atom is 0.330 e. The van der Waals surface area contributed by atoms with Crippen LogP contribution in [0.25, 0.3) is 27.6 Å². The van der Waals surface area contributed by atoms with Crippen LogP contribution in [0.1, 0.15) is 81.8 Å². The molecule has 2 saturated heterocycles. The molecule has 0 aromatic heterocycles. The second kappa shape index (κ2) is 39.5. The number of hydrogen-bond acceptors (Lipinski definition) is 17. The molecule has 102 heavy (non-hydrogen) atoms. The molecule has 12 amide bonds. The van der Waals surface area contributed by atoms with E-state index in [2.05, 4.69) is 74.4 Å². The van der Waals surface area contributed by atoms with Crippen LogP contribution in [-0.4, -0.2) is 174 Å². The molecule has 6 rings (SSSR count). The number of nitrogens with two attached hydrogens (primary N) is 2. The van der Waals surface area contributed by atoms with Gasteiger partial charge in [0.2, 0.25) is 41.4 Å². The Labute approximate surface area is 583 Å². The van der Waals surface area contributed by atoms with E-state index in [-0.39, 0.29) is 103 Å². The molecular weight excluding hydrogens is 1330 g/mol. The van der Waals surface area contributed by atoms with Gasteiger partial charge in [-0.1, -0.05) is 91.0 Å². The van der Waals surface area contributed by atoms with E-state index in [0.29, 0.717) is 17.2 Å². The minimum Gasteiger partial charge on any atom is -0.481 e. The molecule has 23 N–H and O–H groups in total. The van der Waals surface area contributed by atoms with Crippen LogP contribution in [0.15, 0.2) is 126 Å². The molecule has 2 aliphatic heterocycles. The molecule has 4 aromatic carbocycles. The number of rotatable bonds is 26. The SMILES string of the molecule is N=C(N)NCC/C=C1\NC(=O)/C(=C\CCCNC(=O)C(=N)CCC(=O)NCCCC[C@@H]2NC(=O)/C(=C/c3ccc4ccccc4c3)NC(=O)[C@H](CC(=O)O)NC(=O)CNC(=O)[C@H](CCCNC(=N)N)NC2=O)NC(=O)[C@@H](Cc2ccc3ccccc3c2)NC(=O)/C(=C\C(=O)O)NC(=O)CNC1=O. The average Bonchev–Trinajstić information content (AvgIpc) is 1.12. The number of carbonyl (C=O) groups is 14. The van der Waals surface area contributed by atoms with Gasteiger partial charge in [-0.3, -0.25) is 78.6 Å². The predicted octanol–water partition coefficient (Wildman–Crippen LogP) is -2.43. The second-order valence-corrected chi connectivity index (χ2v) is 23.2. The first-order chi connectivity index (χ1) is 48.7. The summed E-state index contributed by atoms with van der Waals surface area (Å²) in [6, 6.07) is 18.8. The maximum atomic E-state index is 14.3. The van der Waals surface area contributed by atoms with Gasteiger partial charge in [0, 0.05) is 45.4 Å². The Morgan fingerprint density at radius 3 is 1.76 bits per heavy atom. The number of allylic oxidation sites excluding steroid dienone is 1. The van der Waals surface area contributed by atoms with Crippen molar-refractivity contribution in [1.29, 1.82) is 16.2 Å². The summed E-state index contributed by atoms with van der Waals surface area (Å²) in [6.07, 6.45) is 2.66. The summed E-state index contributed by atoms with van der Waals surface area (Å²) in [6.45, 7) is -1.58. The van der Waals surface area contributed by atoms with E-state index < -0.39 is 161 Å². The van der Waals surface area contributed by atoms with Crippen molar-refractivity contribution < 1.29 is 77.3 Å². The van der Waals surface area contributed by atoms with E-state index >= 15 is 0 Å². The van der Waals surface area contributed by atoms with Gasteiger partial charge in [-0.15, -0.1) is 0 Å². The van der Waals surface area contributed by atoms with E-state index in [1.807, 2.05) is 30.3 Å². The van der Waals surface area contributed by atoms with Gasteiger partial charge >= 0.3 is 11.9 Å². The quantitative estimate of drug-likeness (QED) is 0.0135. The average molecular weight is 1410 g/mol. The minimum absolute atomic E-state index is 0.00464. The van der Waals surface area contributed by atoms with Crippen molar-refractivity contribution in [2.75, 3.05) is 39.3 Å². The number of unbranched alkanes of at least 4 members (excludes halogenated alkanes) is 2. The molecular formula is C67H81N19O16. The van der Waals surface area contributed by atoms with Crippen LogP contribution in [0.3, 0.4) is 0 Å². The highest BCUT2D eigenvalue weighted by atomic mass is 16.4. The fourth-order valence-electron chi connectivity index (χ4n) is 10.1. The predicted molar refractivity (Wildman–Crippen MR) is 370 cm³/mol. The van der Waals surface area contributed by atoms with E-state index in [9.17, 15) is 77.3 Å². The molecule has 0 aliphatic carbocycles. The van der Waals surface area contributed by atoms with Crippen LogP contribution in [0.2, 0.25) is 0 Å². The molecule has 0 spiro atoms. The maximum absolute atomic E-state index is 14.3. The number of carboxylic acid groups (broad SMARTS) is 2. The Kier molecular flexibility index (Phi) is 30.3. The van der Waals surface area contributed by atoms with Crippen molar-refractivity contribution in [2.45, 2.75) is 101 Å². The van der Waals surface area contributed by atoms with E-state index in [1.165, 1.54) is 18.2 Å². The van der Waals surface area contributed by atoms with E-state index in [4.69, 9.17) is 27.7 Å². The molecule has 0 saturated carbocycles. The van der Waals surface area contributed by atoms with Crippen LogP contribution in [0.5, 0.6) is 0 Å². The molecule has 2 fully saturated rings. The number of aliphatic carboxylic acids is 2. The first kappa shape index (κ1) is 78.1. The standard InChI is InChI=1S/C67H81N19O16/c68-43(57(94)74-26-8-6-16-47-61(98)82-45(18-10-28-76-67(71)72)59(96)78-36-54(89)80-51(34-56(92)93)65(102)86-49(63(100)84-47)32-38-20-22-40-12-2-4-14-42(40)30-38)23-24-52(87)73-25-7-5-15-46-60(97)81-44(17-9-27-75-66(69)70)58(95)77-35-53(88)79-50(33-55(90)91)64(101)85-48(62(99)83-46)31-37-19-21-39-11-1-3-13-41(39)29-37/h1-4,11-14,16,18-22,29-31,34,44,46,49-50,68H,5-10,15,17,23-28,32-33,35-36H2,(H,73,87)(H,74,94)(H,77,95)(H,78,96)(H,79,88)(H,80,89)(H,81,97)(H,82,98)(H,83,99)(H,84,100)(H,85,101)(H,86,102)(H,90,91)(H,92,93)(H4,69,70,75)(H4,71,72,76)/b45-18-,47-16+,48-31-,51-34+,68-43?/t44-,46-,49+,50-/m0/s1. The molecule has 2 heterocycles. The van der Waals surface area contributed by atoms with Crippen molar-refractivity contribution in [3.05, 3.63) is 137 Å². The highest BCUT2D eigenvalue weighted by molar-refractivity contribution is 6.37. The summed E-state index contributed by atoms with van der Waals surface area (Å²) in [5, 5.41) is 80.2. The number of amides is 12. The largest absolute Gasteiger partial charge is 0.481 e. The Morgan fingerprint density at radius 2 is 1.07 bits per heavy atom. The smallest absolute Gasteiger partial charge is 0.330 e. The van der Waals surface area contributed by atoms with Gasteiger partial charge in [-0.25, -0.2) is 4.79 Å². The Balaban J connectivity index is 1.10. The third kappa shape index (κ3) is 26.5. The van der Waals surface area contributed by atoms with Gasteiger partial charge in [0.15, 0.2) is 11.9 Å². The van der Waals surface area contributed by atoms with Gasteiger partial charge in [-0.05, 0) is 96.2 Å². The summed E-state index contributed by atoms with van der Waals surface area (Å²) >= 11 is 0. The molecule has 35 heteroatoms. The molecule has 0 radical (unpaired) electrons. The summed E-state index contributed by atoms with van der Waals surface area (Å²) in [5.41, 5.74) is 9.11. The normalized spacial score (nSPS) is 19.3. The number of carboxylic acids is 2. The first-order valence-electron chi connectivity index (χ1n) is 32.2. The Bertz CT molecular complexity index is 4050. The van der Waals surface area contributed by atoms with Crippen molar-refractivity contribution in [2.24, 2.45) is 11.5 Å². The van der Waals surface area contributed by atoms with Gasteiger partial charge in [0.25, 0.3) is 29.5 Å². The number of nitrogens with one attached hydrogen (secondary N) is 17. The molecule has 35 nitrogen and oxygen atoms in total. The van der Waals surface area contributed by atoms with E-state index in [1.54, 1.807) is 54.6 Å². The number of fused-ring (bicyclic) bond motifs is 2. The van der Waals surface area contributed by atoms with Crippen LogP contribution < -0.4 is 85.9 Å². The van der Waals surface area contributed by atoms with Gasteiger partial charge in [0.1, 0.15) is 47.0 Å². The zero-order valence-electron chi connectivity index (χ0n) is 55.2. The van der Waals surface area contributed by atoms with Crippen molar-refractivity contribution in [1.82, 2.24) is 74.4 Å². The third-order valence-electron chi connectivity index (χ3n) is 15.3. The number of hydrogen-bond donors (Lipinski definition) is 21. The van der Waals surface area contributed by atoms with Crippen LogP contribution in [0.4, 0.5) is 0 Å². The fourth-order valence-corrected chi connectivity index (χ4v) is 10.1. The van der Waals surface area contributed by atoms with Crippen LogP contribution in [0, 0.1) is 16.2 Å². The summed E-state index contributed by atoms with van der Waals surface area (Å²) < 4.78 is 0. The van der Waals surface area contributed by atoms with Crippen molar-refractivity contribution >= 4 is 128 Å². The summed E-state index contributed by atoms with van der Waals surface area (Å²) in [4.78, 5) is 188. The highest BCUT2D eigenvalue weighted by Gasteiger charge is 2.33. The zero-order chi connectivity index (χ0) is 74.3. The van der Waals surface area contributed by atoms with Gasteiger partial charge in [-0.2, -0.15) is 0 Å². The van der Waals surface area contributed by atoms with Crippen molar-refractivity contribution in [3.63, 3.8) is 0 Å². The summed E-state index contributed by atoms with van der Waals surface area (Å²) in [7, 11) is 0. The lowest BCUT2D eigenvalue weighted by Gasteiger charge is -2.24. The monoisotopic (exact) mass is 1410 g/mol. The Hall–Kier alpha value is -12.9. The lowest BCUT2D eigenvalue weighted by molar-refractivity contribution is -0.140. The molecule has 2 aliphatic rings. The second-order valence-electron chi connectivity index (χ2n) is 23.2. The molecule has 4 aromatic rings. The topological polar surface area (TPSA) is 571 Å². The molecule has 4 atom stereocenters. The lowest BCUT2D eigenvalue weighted by atomic mass is 10.0. The zero-order valence-corrected chi connectivity index (χ0v) is 55.2. The van der Waals surface area contributed by atoms with Gasteiger partial charge in [0.05, 0.1) is 31.3 Å². The Morgan fingerprint density at radius 1 is 0.490 bits per heavy atom.